The van der Waals surface area contributed by atoms with Crippen LogP contribution in [0.15, 0.2) is 16.7 Å². The van der Waals surface area contributed by atoms with Gasteiger partial charge in [0.2, 0.25) is 0 Å². The SMILES string of the molecule is CC(C)CC(C)(COc1ccc(Br)nc1CF)NC(=O)O. The number of pyridine rings is 1. The molecule has 0 bridgehead atoms. The molecular weight excluding hydrogens is 343 g/mol. The second-order valence-corrected chi connectivity index (χ2v) is 6.40. The van der Waals surface area contributed by atoms with E-state index in [-0.39, 0.29) is 18.2 Å². The predicted molar refractivity (Wildman–Crippen MR) is 81.3 cm³/mol. The lowest BCUT2D eigenvalue weighted by Gasteiger charge is -2.31. The summed E-state index contributed by atoms with van der Waals surface area (Å²) in [5.74, 6) is 0.608. The summed E-state index contributed by atoms with van der Waals surface area (Å²) in [7, 11) is 0. The van der Waals surface area contributed by atoms with Crippen LogP contribution in [-0.2, 0) is 6.67 Å². The number of carboxylic acid groups (broad SMARTS) is 1. The summed E-state index contributed by atoms with van der Waals surface area (Å²) in [5.41, 5.74) is -0.563. The Morgan fingerprint density at radius 2 is 2.24 bits per heavy atom. The maximum absolute atomic E-state index is 12.9. The van der Waals surface area contributed by atoms with Crippen LogP contribution in [0.5, 0.6) is 5.75 Å². The molecule has 2 N–H and O–H groups in total. The van der Waals surface area contributed by atoms with Crippen LogP contribution in [0.3, 0.4) is 0 Å². The van der Waals surface area contributed by atoms with E-state index in [0.717, 1.165) is 0 Å². The maximum atomic E-state index is 12.9. The van der Waals surface area contributed by atoms with Crippen LogP contribution < -0.4 is 10.1 Å². The van der Waals surface area contributed by atoms with Crippen molar-refractivity contribution in [1.82, 2.24) is 10.3 Å². The Morgan fingerprint density at radius 3 is 2.76 bits per heavy atom. The molecule has 7 heteroatoms. The van der Waals surface area contributed by atoms with Gasteiger partial charge < -0.3 is 15.2 Å². The average molecular weight is 363 g/mol. The third kappa shape index (κ3) is 5.87. The van der Waals surface area contributed by atoms with Crippen LogP contribution in [0, 0.1) is 5.92 Å². The number of hydrogen-bond acceptors (Lipinski definition) is 3. The number of alkyl halides is 1. The molecule has 0 spiro atoms. The van der Waals surface area contributed by atoms with E-state index in [1.165, 1.54) is 0 Å². The monoisotopic (exact) mass is 362 g/mol. The van der Waals surface area contributed by atoms with Crippen LogP contribution in [-0.4, -0.2) is 28.3 Å². The van der Waals surface area contributed by atoms with Crippen molar-refractivity contribution in [1.29, 1.82) is 0 Å². The maximum Gasteiger partial charge on any atom is 0.405 e. The molecule has 5 nitrogen and oxygen atoms in total. The first-order valence-corrected chi connectivity index (χ1v) is 7.40. The molecule has 1 atom stereocenters. The average Bonchev–Trinajstić information content (AvgIpc) is 2.35. The molecule has 1 aromatic heterocycles. The minimum Gasteiger partial charge on any atom is -0.489 e. The van der Waals surface area contributed by atoms with Crippen molar-refractivity contribution in [3.8, 4) is 5.75 Å². The smallest absolute Gasteiger partial charge is 0.405 e. The summed E-state index contributed by atoms with van der Waals surface area (Å²) < 4.78 is 19.1. The molecule has 0 aliphatic rings. The Balaban J connectivity index is 2.83. The summed E-state index contributed by atoms with van der Waals surface area (Å²) in [6, 6.07) is 3.27. The van der Waals surface area contributed by atoms with Crippen molar-refractivity contribution in [2.45, 2.75) is 39.4 Å². The minimum atomic E-state index is -1.11. The van der Waals surface area contributed by atoms with Crippen molar-refractivity contribution in [2.24, 2.45) is 5.92 Å². The Morgan fingerprint density at radius 1 is 1.57 bits per heavy atom. The second kappa shape index (κ2) is 7.59. The highest BCUT2D eigenvalue weighted by molar-refractivity contribution is 9.10. The fourth-order valence-electron chi connectivity index (χ4n) is 2.23. The zero-order chi connectivity index (χ0) is 16.0. The summed E-state index contributed by atoms with van der Waals surface area (Å²) in [4.78, 5) is 14.9. The topological polar surface area (TPSA) is 71.5 Å². The van der Waals surface area contributed by atoms with Gasteiger partial charge in [-0.3, -0.25) is 0 Å². The fraction of sp³-hybridized carbons (Fsp3) is 0.571. The van der Waals surface area contributed by atoms with Gasteiger partial charge in [-0.2, -0.15) is 0 Å². The van der Waals surface area contributed by atoms with Crippen molar-refractivity contribution < 1.29 is 19.0 Å². The first-order valence-electron chi connectivity index (χ1n) is 6.61. The summed E-state index contributed by atoms with van der Waals surface area (Å²) in [6.07, 6.45) is -0.504. The van der Waals surface area contributed by atoms with E-state index >= 15 is 0 Å². The zero-order valence-electron chi connectivity index (χ0n) is 12.3. The number of hydrogen-bond donors (Lipinski definition) is 2. The number of ether oxygens (including phenoxy) is 1. The molecule has 0 radical (unpaired) electrons. The molecule has 118 valence electrons. The van der Waals surface area contributed by atoms with Crippen LogP contribution in [0.25, 0.3) is 0 Å². The van der Waals surface area contributed by atoms with E-state index < -0.39 is 18.3 Å². The minimum absolute atomic E-state index is 0.105. The first kappa shape index (κ1) is 17.7. The summed E-state index contributed by atoms with van der Waals surface area (Å²) >= 11 is 3.17. The van der Waals surface area contributed by atoms with Gasteiger partial charge >= 0.3 is 6.09 Å². The molecule has 1 heterocycles. The lowest BCUT2D eigenvalue weighted by molar-refractivity contribution is 0.142. The number of nitrogens with zero attached hydrogens (tertiary/aromatic N) is 1. The first-order chi connectivity index (χ1) is 9.75. The Kier molecular flexibility index (Phi) is 6.39. The molecule has 1 unspecified atom stereocenters. The molecule has 0 aromatic carbocycles. The molecule has 0 fully saturated rings. The highest BCUT2D eigenvalue weighted by Crippen LogP contribution is 2.23. The number of nitrogens with one attached hydrogen (secondary N) is 1. The standard InChI is InChI=1S/C14H20BrFN2O3/c1-9(2)6-14(3,18-13(19)20)8-21-11-4-5-12(15)17-10(11)7-16/h4-5,9,18H,6-8H2,1-3H3,(H,19,20). The highest BCUT2D eigenvalue weighted by atomic mass is 79.9. The number of aromatic nitrogens is 1. The number of rotatable bonds is 7. The molecule has 21 heavy (non-hydrogen) atoms. The van der Waals surface area contributed by atoms with Gasteiger partial charge in [0.1, 0.15) is 29.3 Å². The zero-order valence-corrected chi connectivity index (χ0v) is 13.9. The van der Waals surface area contributed by atoms with Gasteiger partial charge in [-0.1, -0.05) is 13.8 Å². The van der Waals surface area contributed by atoms with Crippen molar-refractivity contribution in [2.75, 3.05) is 6.61 Å². The van der Waals surface area contributed by atoms with Crippen LogP contribution in [0.1, 0.15) is 32.9 Å². The highest BCUT2D eigenvalue weighted by Gasteiger charge is 2.29. The van der Waals surface area contributed by atoms with Gasteiger partial charge in [-0.25, -0.2) is 14.2 Å². The van der Waals surface area contributed by atoms with E-state index in [9.17, 15) is 9.18 Å². The lowest BCUT2D eigenvalue weighted by Crippen LogP contribution is -2.50. The third-order valence-corrected chi connectivity index (χ3v) is 3.28. The Bertz CT molecular complexity index is 499. The van der Waals surface area contributed by atoms with Crippen molar-refractivity contribution in [3.05, 3.63) is 22.4 Å². The normalized spacial score (nSPS) is 13.8. The van der Waals surface area contributed by atoms with E-state index in [2.05, 4.69) is 26.2 Å². The van der Waals surface area contributed by atoms with Gasteiger partial charge in [0.15, 0.2) is 0 Å². The molecule has 0 saturated heterocycles. The summed E-state index contributed by atoms with van der Waals surface area (Å²) in [6.45, 7) is 5.12. The molecule has 1 aromatic rings. The molecule has 0 aliphatic carbocycles. The van der Waals surface area contributed by atoms with Crippen LogP contribution in [0.4, 0.5) is 9.18 Å². The van der Waals surface area contributed by atoms with Gasteiger partial charge in [0.05, 0.1) is 5.54 Å². The van der Waals surface area contributed by atoms with E-state index in [1.54, 1.807) is 19.1 Å². The molecule has 1 rings (SSSR count). The largest absolute Gasteiger partial charge is 0.489 e. The van der Waals surface area contributed by atoms with E-state index in [1.807, 2.05) is 13.8 Å². The Hall–Kier alpha value is -1.37. The number of halogens is 2. The number of amides is 1. The Labute approximate surface area is 132 Å². The van der Waals surface area contributed by atoms with Crippen LogP contribution >= 0.6 is 15.9 Å². The van der Waals surface area contributed by atoms with Crippen molar-refractivity contribution in [3.63, 3.8) is 0 Å². The third-order valence-electron chi connectivity index (χ3n) is 2.84. The van der Waals surface area contributed by atoms with Crippen LogP contribution in [0.2, 0.25) is 0 Å². The van der Waals surface area contributed by atoms with E-state index in [4.69, 9.17) is 9.84 Å². The fourth-order valence-corrected chi connectivity index (χ4v) is 2.58. The van der Waals surface area contributed by atoms with Crippen molar-refractivity contribution >= 4 is 22.0 Å². The molecule has 0 saturated carbocycles. The molecule has 0 aliphatic heterocycles. The molecular formula is C14H20BrFN2O3. The van der Waals surface area contributed by atoms with Gasteiger partial charge in [-0.05, 0) is 47.3 Å². The number of carbonyl (C=O) groups is 1. The predicted octanol–water partition coefficient (Wildman–Crippen LogP) is 3.76. The van der Waals surface area contributed by atoms with E-state index in [0.29, 0.717) is 16.8 Å². The van der Waals surface area contributed by atoms with Gasteiger partial charge in [0.25, 0.3) is 0 Å². The quantitative estimate of drug-likeness (QED) is 0.724. The molecule has 1 amide bonds. The second-order valence-electron chi connectivity index (χ2n) is 5.59. The van der Waals surface area contributed by atoms with Gasteiger partial charge in [0, 0.05) is 0 Å². The van der Waals surface area contributed by atoms with Gasteiger partial charge in [-0.15, -0.1) is 0 Å². The summed E-state index contributed by atoms with van der Waals surface area (Å²) in [5, 5.41) is 11.4. The lowest BCUT2D eigenvalue weighted by atomic mass is 9.91.